The van der Waals surface area contributed by atoms with Crippen molar-refractivity contribution in [2.24, 2.45) is 0 Å². The molecule has 5 heteroatoms. The average Bonchev–Trinajstić information content (AvgIpc) is 2.19. The SMILES string of the molecule is CCC(C(=O)O)N1CCC(OC)CC1.Cl. The minimum atomic E-state index is -0.705. The van der Waals surface area contributed by atoms with E-state index in [1.54, 1.807) is 7.11 Å². The van der Waals surface area contributed by atoms with Gasteiger partial charge in [0.15, 0.2) is 0 Å². The zero-order valence-electron chi connectivity index (χ0n) is 9.31. The maximum Gasteiger partial charge on any atom is 0.320 e. The van der Waals surface area contributed by atoms with Crippen molar-refractivity contribution in [1.29, 1.82) is 0 Å². The van der Waals surface area contributed by atoms with E-state index in [2.05, 4.69) is 0 Å². The van der Waals surface area contributed by atoms with Crippen molar-refractivity contribution in [3.05, 3.63) is 0 Å². The Labute approximate surface area is 97.0 Å². The van der Waals surface area contributed by atoms with Gasteiger partial charge in [-0.15, -0.1) is 12.4 Å². The highest BCUT2D eigenvalue weighted by atomic mass is 35.5. The summed E-state index contributed by atoms with van der Waals surface area (Å²) in [6.45, 7) is 3.59. The van der Waals surface area contributed by atoms with Gasteiger partial charge in [-0.1, -0.05) is 6.92 Å². The summed E-state index contributed by atoms with van der Waals surface area (Å²) < 4.78 is 5.24. The Morgan fingerprint density at radius 3 is 2.40 bits per heavy atom. The lowest BCUT2D eigenvalue weighted by Gasteiger charge is -2.34. The van der Waals surface area contributed by atoms with Gasteiger partial charge in [0.25, 0.3) is 0 Å². The first-order valence-electron chi connectivity index (χ1n) is 5.18. The van der Waals surface area contributed by atoms with E-state index in [0.29, 0.717) is 12.5 Å². The lowest BCUT2D eigenvalue weighted by Crippen LogP contribution is -2.46. The summed E-state index contributed by atoms with van der Waals surface area (Å²) in [5.74, 6) is -0.705. The third kappa shape index (κ3) is 3.97. The van der Waals surface area contributed by atoms with Gasteiger partial charge in [0.1, 0.15) is 6.04 Å². The molecule has 0 amide bonds. The largest absolute Gasteiger partial charge is 0.480 e. The van der Waals surface area contributed by atoms with Crippen LogP contribution in [-0.4, -0.2) is 48.3 Å². The molecular weight excluding hydrogens is 218 g/mol. The molecule has 1 rings (SSSR count). The highest BCUT2D eigenvalue weighted by Crippen LogP contribution is 2.16. The summed E-state index contributed by atoms with van der Waals surface area (Å²) in [7, 11) is 1.72. The molecule has 1 saturated heterocycles. The van der Waals surface area contributed by atoms with Crippen LogP contribution < -0.4 is 0 Å². The molecule has 0 saturated carbocycles. The van der Waals surface area contributed by atoms with E-state index < -0.39 is 5.97 Å². The molecule has 0 aliphatic carbocycles. The van der Waals surface area contributed by atoms with Crippen LogP contribution in [-0.2, 0) is 9.53 Å². The van der Waals surface area contributed by atoms with E-state index in [1.165, 1.54) is 0 Å². The number of rotatable bonds is 4. The number of ether oxygens (including phenoxy) is 1. The van der Waals surface area contributed by atoms with Gasteiger partial charge < -0.3 is 9.84 Å². The summed E-state index contributed by atoms with van der Waals surface area (Å²) in [6.07, 6.45) is 2.88. The van der Waals surface area contributed by atoms with Crippen LogP contribution in [0.2, 0.25) is 0 Å². The van der Waals surface area contributed by atoms with Crippen molar-refractivity contribution < 1.29 is 14.6 Å². The van der Waals surface area contributed by atoms with Crippen LogP contribution >= 0.6 is 12.4 Å². The molecule has 0 spiro atoms. The molecule has 1 fully saturated rings. The molecule has 0 aromatic carbocycles. The normalized spacial score (nSPS) is 20.7. The van der Waals surface area contributed by atoms with Crippen molar-refractivity contribution in [1.82, 2.24) is 4.90 Å². The summed E-state index contributed by atoms with van der Waals surface area (Å²) in [5.41, 5.74) is 0. The number of carboxylic acid groups (broad SMARTS) is 1. The Balaban J connectivity index is 0.00000196. The fraction of sp³-hybridized carbons (Fsp3) is 0.900. The highest BCUT2D eigenvalue weighted by Gasteiger charge is 2.27. The van der Waals surface area contributed by atoms with Crippen molar-refractivity contribution in [3.63, 3.8) is 0 Å². The molecule has 4 nitrogen and oxygen atoms in total. The summed E-state index contributed by atoms with van der Waals surface area (Å²) in [4.78, 5) is 12.9. The zero-order valence-corrected chi connectivity index (χ0v) is 10.1. The van der Waals surface area contributed by atoms with Gasteiger partial charge in [0, 0.05) is 20.2 Å². The lowest BCUT2D eigenvalue weighted by atomic mass is 10.0. The predicted molar refractivity (Wildman–Crippen MR) is 60.6 cm³/mol. The number of hydrogen-bond donors (Lipinski definition) is 1. The van der Waals surface area contributed by atoms with Crippen molar-refractivity contribution in [3.8, 4) is 0 Å². The zero-order chi connectivity index (χ0) is 10.6. The van der Waals surface area contributed by atoms with Gasteiger partial charge in [-0.3, -0.25) is 9.69 Å². The molecule has 1 N–H and O–H groups in total. The molecule has 1 unspecified atom stereocenters. The van der Waals surface area contributed by atoms with Gasteiger partial charge in [-0.05, 0) is 19.3 Å². The molecule has 0 radical (unpaired) electrons. The molecule has 0 aromatic rings. The van der Waals surface area contributed by atoms with Crippen LogP contribution in [0.5, 0.6) is 0 Å². The van der Waals surface area contributed by atoms with Gasteiger partial charge in [0.2, 0.25) is 0 Å². The van der Waals surface area contributed by atoms with E-state index in [0.717, 1.165) is 25.9 Å². The van der Waals surface area contributed by atoms with Crippen LogP contribution in [0.15, 0.2) is 0 Å². The smallest absolute Gasteiger partial charge is 0.320 e. The Hall–Kier alpha value is -0.320. The quantitative estimate of drug-likeness (QED) is 0.803. The second-order valence-corrected chi connectivity index (χ2v) is 3.73. The number of piperidine rings is 1. The number of carboxylic acids is 1. The minimum absolute atomic E-state index is 0. The van der Waals surface area contributed by atoms with E-state index in [4.69, 9.17) is 9.84 Å². The molecule has 1 atom stereocenters. The first kappa shape index (κ1) is 14.7. The number of carbonyl (C=O) groups is 1. The first-order chi connectivity index (χ1) is 6.69. The maximum absolute atomic E-state index is 10.9. The lowest BCUT2D eigenvalue weighted by molar-refractivity contribution is -0.144. The first-order valence-corrected chi connectivity index (χ1v) is 5.18. The highest BCUT2D eigenvalue weighted by molar-refractivity contribution is 5.85. The van der Waals surface area contributed by atoms with Crippen molar-refractivity contribution in [2.45, 2.75) is 38.3 Å². The Bertz CT molecular complexity index is 193. The number of hydrogen-bond acceptors (Lipinski definition) is 3. The summed E-state index contributed by atoms with van der Waals surface area (Å²) >= 11 is 0. The number of aliphatic carboxylic acids is 1. The number of methoxy groups -OCH3 is 1. The third-order valence-electron chi connectivity index (χ3n) is 2.92. The van der Waals surface area contributed by atoms with Crippen LogP contribution in [0.4, 0.5) is 0 Å². The monoisotopic (exact) mass is 237 g/mol. The van der Waals surface area contributed by atoms with E-state index in [9.17, 15) is 4.79 Å². The second kappa shape index (κ2) is 7.04. The molecule has 1 heterocycles. The molecule has 0 bridgehead atoms. The molecule has 15 heavy (non-hydrogen) atoms. The molecule has 90 valence electrons. The molecular formula is C10H20ClNO3. The number of nitrogens with zero attached hydrogens (tertiary/aromatic N) is 1. The van der Waals surface area contributed by atoms with E-state index in [-0.39, 0.29) is 18.4 Å². The second-order valence-electron chi connectivity index (χ2n) is 3.73. The van der Waals surface area contributed by atoms with Crippen molar-refractivity contribution >= 4 is 18.4 Å². The van der Waals surface area contributed by atoms with Crippen molar-refractivity contribution in [2.75, 3.05) is 20.2 Å². The Morgan fingerprint density at radius 1 is 1.53 bits per heavy atom. The van der Waals surface area contributed by atoms with Crippen LogP contribution in [0.1, 0.15) is 26.2 Å². The topological polar surface area (TPSA) is 49.8 Å². The number of likely N-dealkylation sites (tertiary alicyclic amines) is 1. The average molecular weight is 238 g/mol. The summed E-state index contributed by atoms with van der Waals surface area (Å²) in [5, 5.41) is 8.98. The van der Waals surface area contributed by atoms with Gasteiger partial charge in [-0.25, -0.2) is 0 Å². The number of halogens is 1. The van der Waals surface area contributed by atoms with Crippen LogP contribution in [0.25, 0.3) is 0 Å². The van der Waals surface area contributed by atoms with Crippen LogP contribution in [0, 0.1) is 0 Å². The summed E-state index contributed by atoms with van der Waals surface area (Å²) in [6, 6.07) is -0.312. The molecule has 0 aromatic heterocycles. The van der Waals surface area contributed by atoms with E-state index >= 15 is 0 Å². The Morgan fingerprint density at radius 2 is 2.07 bits per heavy atom. The fourth-order valence-electron chi connectivity index (χ4n) is 2.01. The van der Waals surface area contributed by atoms with Gasteiger partial charge >= 0.3 is 5.97 Å². The fourth-order valence-corrected chi connectivity index (χ4v) is 2.01. The molecule has 1 aliphatic heterocycles. The Kier molecular flexibility index (Phi) is 6.89. The minimum Gasteiger partial charge on any atom is -0.480 e. The van der Waals surface area contributed by atoms with Gasteiger partial charge in [-0.2, -0.15) is 0 Å². The standard InChI is InChI=1S/C10H19NO3.ClH/c1-3-9(10(12)13)11-6-4-8(14-2)5-7-11;/h8-9H,3-7H2,1-2H3,(H,12,13);1H. The van der Waals surface area contributed by atoms with E-state index in [1.807, 2.05) is 11.8 Å². The maximum atomic E-state index is 10.9. The van der Waals surface area contributed by atoms with Crippen LogP contribution in [0.3, 0.4) is 0 Å². The van der Waals surface area contributed by atoms with Gasteiger partial charge in [0.05, 0.1) is 6.10 Å². The predicted octanol–water partition coefficient (Wildman–Crippen LogP) is 1.38. The third-order valence-corrected chi connectivity index (χ3v) is 2.92. The molecule has 1 aliphatic rings.